The van der Waals surface area contributed by atoms with E-state index in [0.717, 1.165) is 5.76 Å². The molecule has 0 aliphatic carbocycles. The highest BCUT2D eigenvalue weighted by Gasteiger charge is 2.29. The van der Waals surface area contributed by atoms with Gasteiger partial charge in [-0.1, -0.05) is 13.8 Å². The smallest absolute Gasteiger partial charge is 0.257 e. The summed E-state index contributed by atoms with van der Waals surface area (Å²) in [6, 6.07) is 1.30. The summed E-state index contributed by atoms with van der Waals surface area (Å²) in [6.07, 6.45) is 0. The molecule has 0 radical (unpaired) electrons. The summed E-state index contributed by atoms with van der Waals surface area (Å²) in [4.78, 5) is 28.2. The van der Waals surface area contributed by atoms with E-state index in [-0.39, 0.29) is 30.1 Å². The number of carbonyl (C=O) groups is 2. The maximum atomic E-state index is 12.5. The van der Waals surface area contributed by atoms with Crippen LogP contribution in [0.5, 0.6) is 0 Å². The van der Waals surface area contributed by atoms with Crippen LogP contribution in [0.15, 0.2) is 10.5 Å². The van der Waals surface area contributed by atoms with Crippen molar-refractivity contribution >= 4 is 24.2 Å². The van der Waals surface area contributed by atoms with Crippen LogP contribution < -0.4 is 5.73 Å². The molecule has 0 bridgehead atoms. The first-order chi connectivity index (χ1) is 10.3. The van der Waals surface area contributed by atoms with Gasteiger partial charge in [0.2, 0.25) is 5.91 Å². The maximum Gasteiger partial charge on any atom is 0.257 e. The number of furan rings is 1. The van der Waals surface area contributed by atoms with Gasteiger partial charge in [-0.15, -0.1) is 12.4 Å². The predicted molar refractivity (Wildman–Crippen MR) is 90.7 cm³/mol. The molecular weight excluding hydrogens is 318 g/mol. The molecule has 7 heteroatoms. The van der Waals surface area contributed by atoms with Crippen LogP contribution in [-0.4, -0.2) is 53.8 Å². The van der Waals surface area contributed by atoms with Gasteiger partial charge in [0.15, 0.2) is 0 Å². The average Bonchev–Trinajstić information content (AvgIpc) is 2.83. The summed E-state index contributed by atoms with van der Waals surface area (Å²) in [5, 5.41) is 0. The van der Waals surface area contributed by atoms with Gasteiger partial charge in [0.05, 0.1) is 11.6 Å². The van der Waals surface area contributed by atoms with Crippen LogP contribution in [0, 0.1) is 19.8 Å². The number of amides is 2. The highest BCUT2D eigenvalue weighted by atomic mass is 35.5. The zero-order chi connectivity index (χ0) is 16.4. The van der Waals surface area contributed by atoms with Crippen molar-refractivity contribution in [1.82, 2.24) is 9.80 Å². The van der Waals surface area contributed by atoms with E-state index in [1.807, 2.05) is 20.8 Å². The molecule has 1 aliphatic rings. The number of piperazine rings is 1. The SMILES string of the molecule is Cc1cc(C(=O)N2CCN(C(=O)[C@@H](N)C(C)C)CC2)c(C)o1.Cl. The lowest BCUT2D eigenvalue weighted by Gasteiger charge is -2.36. The minimum absolute atomic E-state index is 0. The molecule has 1 saturated heterocycles. The van der Waals surface area contributed by atoms with Gasteiger partial charge < -0.3 is 20.0 Å². The van der Waals surface area contributed by atoms with Gasteiger partial charge in [0.1, 0.15) is 11.5 Å². The Morgan fingerprint density at radius 2 is 1.65 bits per heavy atom. The molecule has 0 spiro atoms. The third kappa shape index (κ3) is 4.26. The third-order valence-electron chi connectivity index (χ3n) is 4.15. The molecule has 2 N–H and O–H groups in total. The summed E-state index contributed by atoms with van der Waals surface area (Å²) >= 11 is 0. The number of nitrogens with two attached hydrogens (primary N) is 1. The van der Waals surface area contributed by atoms with E-state index in [1.165, 1.54) is 0 Å². The summed E-state index contributed by atoms with van der Waals surface area (Å²) in [5.74, 6) is 1.43. The fourth-order valence-electron chi connectivity index (χ4n) is 2.64. The summed E-state index contributed by atoms with van der Waals surface area (Å²) in [5.41, 5.74) is 6.52. The van der Waals surface area contributed by atoms with Crippen molar-refractivity contribution in [2.75, 3.05) is 26.2 Å². The number of nitrogens with zero attached hydrogens (tertiary/aromatic N) is 2. The zero-order valence-corrected chi connectivity index (χ0v) is 15.0. The Kier molecular flexibility index (Phi) is 6.65. The quantitative estimate of drug-likeness (QED) is 0.903. The normalized spacial score (nSPS) is 16.3. The van der Waals surface area contributed by atoms with Crippen LogP contribution in [-0.2, 0) is 4.79 Å². The second-order valence-electron chi connectivity index (χ2n) is 6.21. The molecule has 2 rings (SSSR count). The van der Waals surface area contributed by atoms with Crippen LogP contribution in [0.25, 0.3) is 0 Å². The first-order valence-corrected chi connectivity index (χ1v) is 7.72. The molecule has 6 nitrogen and oxygen atoms in total. The second-order valence-corrected chi connectivity index (χ2v) is 6.21. The van der Waals surface area contributed by atoms with Gasteiger partial charge in [-0.25, -0.2) is 0 Å². The van der Waals surface area contributed by atoms with Crippen LogP contribution in [0.4, 0.5) is 0 Å². The van der Waals surface area contributed by atoms with Gasteiger partial charge in [0, 0.05) is 26.2 Å². The monoisotopic (exact) mass is 343 g/mol. The van der Waals surface area contributed by atoms with Gasteiger partial charge in [0.25, 0.3) is 5.91 Å². The van der Waals surface area contributed by atoms with Crippen LogP contribution in [0.1, 0.15) is 35.7 Å². The average molecular weight is 344 g/mol. The molecule has 1 aromatic heterocycles. The number of hydrogen-bond donors (Lipinski definition) is 1. The van der Waals surface area contributed by atoms with Gasteiger partial charge in [-0.3, -0.25) is 9.59 Å². The third-order valence-corrected chi connectivity index (χ3v) is 4.15. The molecule has 0 saturated carbocycles. The maximum absolute atomic E-state index is 12.5. The lowest BCUT2D eigenvalue weighted by molar-refractivity contribution is -0.135. The van der Waals surface area contributed by atoms with Crippen molar-refractivity contribution in [3.8, 4) is 0 Å². The highest BCUT2D eigenvalue weighted by molar-refractivity contribution is 5.95. The van der Waals surface area contributed by atoms with Crippen LogP contribution in [0.2, 0.25) is 0 Å². The molecule has 130 valence electrons. The van der Waals surface area contributed by atoms with E-state index in [1.54, 1.807) is 22.8 Å². The van der Waals surface area contributed by atoms with E-state index in [9.17, 15) is 9.59 Å². The van der Waals surface area contributed by atoms with E-state index < -0.39 is 6.04 Å². The molecule has 2 heterocycles. The van der Waals surface area contributed by atoms with Gasteiger partial charge >= 0.3 is 0 Å². The fourth-order valence-corrected chi connectivity index (χ4v) is 2.64. The fraction of sp³-hybridized carbons (Fsp3) is 0.625. The Hall–Kier alpha value is -1.53. The number of hydrogen-bond acceptors (Lipinski definition) is 4. The van der Waals surface area contributed by atoms with E-state index >= 15 is 0 Å². The summed E-state index contributed by atoms with van der Waals surface area (Å²) in [7, 11) is 0. The van der Waals surface area contributed by atoms with Crippen LogP contribution >= 0.6 is 12.4 Å². The predicted octanol–water partition coefficient (Wildman–Crippen LogP) is 1.59. The first kappa shape index (κ1) is 19.5. The van der Waals surface area contributed by atoms with Crippen molar-refractivity contribution in [2.45, 2.75) is 33.7 Å². The molecule has 1 aromatic rings. The van der Waals surface area contributed by atoms with E-state index in [4.69, 9.17) is 10.2 Å². The van der Waals surface area contributed by atoms with Crippen molar-refractivity contribution < 1.29 is 14.0 Å². The molecule has 23 heavy (non-hydrogen) atoms. The van der Waals surface area contributed by atoms with E-state index in [0.29, 0.717) is 37.5 Å². The largest absolute Gasteiger partial charge is 0.466 e. The first-order valence-electron chi connectivity index (χ1n) is 7.72. The molecule has 0 aromatic carbocycles. The number of carbonyl (C=O) groups excluding carboxylic acids is 2. The topological polar surface area (TPSA) is 79.8 Å². The molecule has 1 fully saturated rings. The summed E-state index contributed by atoms with van der Waals surface area (Å²) in [6.45, 7) is 9.61. The molecule has 2 amide bonds. The lowest BCUT2D eigenvalue weighted by Crippen LogP contribution is -2.55. The zero-order valence-electron chi connectivity index (χ0n) is 14.2. The Balaban J connectivity index is 0.00000264. The highest BCUT2D eigenvalue weighted by Crippen LogP contribution is 2.17. The van der Waals surface area contributed by atoms with Crippen molar-refractivity contribution in [2.24, 2.45) is 11.7 Å². The molecule has 0 unspecified atom stereocenters. The van der Waals surface area contributed by atoms with Crippen LogP contribution in [0.3, 0.4) is 0 Å². The van der Waals surface area contributed by atoms with Gasteiger partial charge in [-0.05, 0) is 25.8 Å². The van der Waals surface area contributed by atoms with Crippen molar-refractivity contribution in [3.63, 3.8) is 0 Å². The van der Waals surface area contributed by atoms with Crippen molar-refractivity contribution in [3.05, 3.63) is 23.2 Å². The Labute approximate surface area is 143 Å². The van der Waals surface area contributed by atoms with Gasteiger partial charge in [-0.2, -0.15) is 0 Å². The molecule has 1 aliphatic heterocycles. The molecule has 1 atom stereocenters. The molecular formula is C16H26ClN3O3. The standard InChI is InChI=1S/C16H25N3O3.ClH/c1-10(2)14(17)16(21)19-7-5-18(6-8-19)15(20)13-9-11(3)22-12(13)4;/h9-10,14H,5-8,17H2,1-4H3;1H/t14-;/m0./s1. The Bertz CT molecular complexity index is 563. The van der Waals surface area contributed by atoms with Crippen molar-refractivity contribution in [1.29, 1.82) is 0 Å². The minimum Gasteiger partial charge on any atom is -0.466 e. The summed E-state index contributed by atoms with van der Waals surface area (Å²) < 4.78 is 5.42. The minimum atomic E-state index is -0.471. The van der Waals surface area contributed by atoms with E-state index in [2.05, 4.69) is 0 Å². The second kappa shape index (κ2) is 7.84. The lowest BCUT2D eigenvalue weighted by atomic mass is 10.0. The number of rotatable bonds is 3. The Morgan fingerprint density at radius 1 is 1.13 bits per heavy atom. The number of aryl methyl sites for hydroxylation is 2. The Morgan fingerprint density at radius 3 is 2.09 bits per heavy atom. The number of halogens is 1.